The number of anilines is 1. The first-order valence-corrected chi connectivity index (χ1v) is 11.3. The Bertz CT molecular complexity index is 975. The average Bonchev–Trinajstić information content (AvgIpc) is 2.69. The minimum Gasteiger partial charge on any atom is -0.491 e. The molecule has 0 spiro atoms. The topological polar surface area (TPSA) is 84.9 Å². The summed E-state index contributed by atoms with van der Waals surface area (Å²) in [6.45, 7) is 4.70. The van der Waals surface area contributed by atoms with Gasteiger partial charge in [-0.25, -0.2) is 8.42 Å². The molecule has 0 unspecified atom stereocenters. The maximum atomic E-state index is 12.6. The number of hydrogen-bond donors (Lipinski definition) is 1. The lowest BCUT2D eigenvalue weighted by Crippen LogP contribution is -2.51. The Labute approximate surface area is 171 Å². The Hall–Kier alpha value is -2.74. The number of carbonyl (C=O) groups excluding carboxylic acids is 1. The van der Waals surface area contributed by atoms with Crippen molar-refractivity contribution in [2.45, 2.75) is 25.9 Å². The lowest BCUT2D eigenvalue weighted by atomic mass is 10.0. The Morgan fingerprint density at radius 1 is 1.21 bits per heavy atom. The summed E-state index contributed by atoms with van der Waals surface area (Å²) in [4.78, 5) is 12.6. The summed E-state index contributed by atoms with van der Waals surface area (Å²) in [7, 11) is -3.53. The number of hydrogen-bond acceptors (Lipinski definition) is 5. The Balaban J connectivity index is 1.59. The van der Waals surface area contributed by atoms with E-state index in [0.29, 0.717) is 24.0 Å². The molecule has 1 aliphatic rings. The van der Waals surface area contributed by atoms with E-state index in [2.05, 4.69) is 19.2 Å². The van der Waals surface area contributed by atoms with Crippen molar-refractivity contribution in [3.05, 3.63) is 54.1 Å². The van der Waals surface area contributed by atoms with Gasteiger partial charge in [-0.05, 0) is 29.7 Å². The molecule has 1 N–H and O–H groups in total. The zero-order valence-electron chi connectivity index (χ0n) is 16.8. The monoisotopic (exact) mass is 418 g/mol. The molecule has 1 heterocycles. The van der Waals surface area contributed by atoms with E-state index in [-0.39, 0.29) is 19.0 Å². The minimum atomic E-state index is -3.53. The van der Waals surface area contributed by atoms with Crippen LogP contribution in [0.4, 0.5) is 5.69 Å². The van der Waals surface area contributed by atoms with E-state index in [1.165, 1.54) is 4.31 Å². The number of nitrogens with zero attached hydrogens (tertiary/aromatic N) is 1. The van der Waals surface area contributed by atoms with Crippen LogP contribution in [0.3, 0.4) is 0 Å². The second-order valence-corrected chi connectivity index (χ2v) is 9.11. The highest BCUT2D eigenvalue weighted by atomic mass is 32.2. The molecule has 0 aliphatic carbocycles. The van der Waals surface area contributed by atoms with Crippen molar-refractivity contribution >= 4 is 21.6 Å². The van der Waals surface area contributed by atoms with E-state index < -0.39 is 16.1 Å². The van der Waals surface area contributed by atoms with Gasteiger partial charge in [0.05, 0.1) is 25.0 Å². The van der Waals surface area contributed by atoms with Crippen LogP contribution in [0, 0.1) is 0 Å². The number of rotatable bonds is 7. The summed E-state index contributed by atoms with van der Waals surface area (Å²) in [6, 6.07) is 14.6. The van der Waals surface area contributed by atoms with Crippen molar-refractivity contribution in [2.75, 3.05) is 30.3 Å². The van der Waals surface area contributed by atoms with Crippen LogP contribution < -0.4 is 19.1 Å². The predicted molar refractivity (Wildman–Crippen MR) is 112 cm³/mol. The van der Waals surface area contributed by atoms with E-state index in [9.17, 15) is 13.2 Å². The Kier molecular flexibility index (Phi) is 6.32. The molecule has 1 aliphatic heterocycles. The van der Waals surface area contributed by atoms with Crippen molar-refractivity contribution in [3.63, 3.8) is 0 Å². The summed E-state index contributed by atoms with van der Waals surface area (Å²) in [6.07, 6.45) is 0.187. The molecule has 1 atom stereocenters. The van der Waals surface area contributed by atoms with E-state index >= 15 is 0 Å². The number of benzene rings is 2. The normalized spacial score (nSPS) is 16.1. The Morgan fingerprint density at radius 2 is 1.90 bits per heavy atom. The third-order valence-electron chi connectivity index (χ3n) is 4.63. The molecule has 2 aromatic rings. The molecule has 1 amide bonds. The van der Waals surface area contributed by atoms with Crippen molar-refractivity contribution in [3.8, 4) is 11.5 Å². The predicted octanol–water partition coefficient (Wildman–Crippen LogP) is 2.53. The van der Waals surface area contributed by atoms with Crippen LogP contribution in [-0.2, 0) is 14.8 Å². The molecule has 2 aromatic carbocycles. The zero-order chi connectivity index (χ0) is 21.0. The highest BCUT2D eigenvalue weighted by molar-refractivity contribution is 7.92. The summed E-state index contributed by atoms with van der Waals surface area (Å²) < 4.78 is 37.0. The quantitative estimate of drug-likeness (QED) is 0.699. The molecule has 0 fully saturated rings. The van der Waals surface area contributed by atoms with E-state index in [4.69, 9.17) is 9.47 Å². The fourth-order valence-electron chi connectivity index (χ4n) is 3.19. The van der Waals surface area contributed by atoms with E-state index in [0.717, 1.165) is 17.6 Å². The molecule has 0 bridgehead atoms. The standard InChI is InChI=1S/C21H26N2O5S/c1-15(2)16-8-4-6-10-18(16)27-13-12-22-21(24)20-14-23(29(3,25)26)17-9-5-7-11-19(17)28-20/h4-11,15,20H,12-14H2,1-3H3,(H,22,24)/t20-/m1/s1. The third kappa shape index (κ3) is 5.00. The summed E-state index contributed by atoms with van der Waals surface area (Å²) in [5.41, 5.74) is 1.54. The first-order valence-electron chi connectivity index (χ1n) is 9.50. The third-order valence-corrected chi connectivity index (χ3v) is 5.77. The number of sulfonamides is 1. The average molecular weight is 419 g/mol. The highest BCUT2D eigenvalue weighted by Crippen LogP contribution is 2.34. The molecule has 0 radical (unpaired) electrons. The van der Waals surface area contributed by atoms with Crippen LogP contribution in [0.1, 0.15) is 25.3 Å². The van der Waals surface area contributed by atoms with Gasteiger partial charge in [-0.15, -0.1) is 0 Å². The second-order valence-electron chi connectivity index (χ2n) is 7.20. The largest absolute Gasteiger partial charge is 0.491 e. The number of fused-ring (bicyclic) bond motifs is 1. The van der Waals surface area contributed by atoms with Crippen LogP contribution in [0.5, 0.6) is 11.5 Å². The SMILES string of the molecule is CC(C)c1ccccc1OCCNC(=O)[C@H]1CN(S(C)(=O)=O)c2ccccc2O1. The molecule has 8 heteroatoms. The van der Waals surface area contributed by atoms with Gasteiger partial charge in [0.15, 0.2) is 6.10 Å². The van der Waals surface area contributed by atoms with E-state index in [1.807, 2.05) is 24.3 Å². The smallest absolute Gasteiger partial charge is 0.263 e. The maximum Gasteiger partial charge on any atom is 0.263 e. The number of carbonyl (C=O) groups is 1. The van der Waals surface area contributed by atoms with Gasteiger partial charge in [-0.3, -0.25) is 9.10 Å². The fourth-order valence-corrected chi connectivity index (χ4v) is 4.11. The van der Waals surface area contributed by atoms with Crippen molar-refractivity contribution in [2.24, 2.45) is 0 Å². The van der Waals surface area contributed by atoms with Gasteiger partial charge in [-0.2, -0.15) is 0 Å². The summed E-state index contributed by atoms with van der Waals surface area (Å²) in [5.74, 6) is 1.11. The molecule has 0 aromatic heterocycles. The molecule has 156 valence electrons. The summed E-state index contributed by atoms with van der Waals surface area (Å²) >= 11 is 0. The van der Waals surface area contributed by atoms with Gasteiger partial charge in [0, 0.05) is 0 Å². The molecule has 0 saturated heterocycles. The van der Waals surface area contributed by atoms with Gasteiger partial charge in [-0.1, -0.05) is 44.2 Å². The number of ether oxygens (including phenoxy) is 2. The number of amides is 1. The van der Waals surface area contributed by atoms with Crippen LogP contribution in [0.2, 0.25) is 0 Å². The second kappa shape index (κ2) is 8.73. The van der Waals surface area contributed by atoms with Gasteiger partial charge < -0.3 is 14.8 Å². The molecule has 7 nitrogen and oxygen atoms in total. The van der Waals surface area contributed by atoms with Crippen LogP contribution in [0.25, 0.3) is 0 Å². The first-order chi connectivity index (χ1) is 13.8. The Morgan fingerprint density at radius 3 is 2.62 bits per heavy atom. The van der Waals surface area contributed by atoms with Gasteiger partial charge in [0.2, 0.25) is 10.0 Å². The molecule has 29 heavy (non-hydrogen) atoms. The van der Waals surface area contributed by atoms with Gasteiger partial charge >= 0.3 is 0 Å². The fraction of sp³-hybridized carbons (Fsp3) is 0.381. The minimum absolute atomic E-state index is 0.0707. The zero-order valence-corrected chi connectivity index (χ0v) is 17.6. The lowest BCUT2D eigenvalue weighted by molar-refractivity contribution is -0.127. The molecular formula is C21H26N2O5S. The van der Waals surface area contributed by atoms with Gasteiger partial charge in [0.25, 0.3) is 5.91 Å². The van der Waals surface area contributed by atoms with Crippen molar-refractivity contribution in [1.29, 1.82) is 0 Å². The molecule has 0 saturated carbocycles. The number of para-hydroxylation sites is 3. The lowest BCUT2D eigenvalue weighted by Gasteiger charge is -2.33. The number of nitrogens with one attached hydrogen (secondary N) is 1. The highest BCUT2D eigenvalue weighted by Gasteiger charge is 2.34. The van der Waals surface area contributed by atoms with Gasteiger partial charge in [0.1, 0.15) is 18.1 Å². The summed E-state index contributed by atoms with van der Waals surface area (Å²) in [5, 5.41) is 2.76. The van der Waals surface area contributed by atoms with Crippen LogP contribution >= 0.6 is 0 Å². The van der Waals surface area contributed by atoms with Crippen LogP contribution in [-0.4, -0.2) is 46.4 Å². The molecule has 3 rings (SSSR count). The molecular weight excluding hydrogens is 392 g/mol. The van der Waals surface area contributed by atoms with E-state index in [1.54, 1.807) is 24.3 Å². The first kappa shape index (κ1) is 21.0. The van der Waals surface area contributed by atoms with Crippen molar-refractivity contribution < 1.29 is 22.7 Å². The van der Waals surface area contributed by atoms with Crippen molar-refractivity contribution in [1.82, 2.24) is 5.32 Å². The maximum absolute atomic E-state index is 12.6. The van der Waals surface area contributed by atoms with Crippen LogP contribution in [0.15, 0.2) is 48.5 Å².